The Hall–Kier alpha value is -1.09. The zero-order valence-corrected chi connectivity index (χ0v) is 10.8. The second-order valence-electron chi connectivity index (χ2n) is 5.19. The van der Waals surface area contributed by atoms with Crippen LogP contribution in [-0.4, -0.2) is 17.9 Å². The molecule has 2 heterocycles. The van der Waals surface area contributed by atoms with Crippen molar-refractivity contribution in [2.75, 3.05) is 4.90 Å². The van der Waals surface area contributed by atoms with Crippen LogP contribution in [0.1, 0.15) is 32.1 Å². The van der Waals surface area contributed by atoms with Crippen LogP contribution in [-0.2, 0) is 4.79 Å². The summed E-state index contributed by atoms with van der Waals surface area (Å²) < 4.78 is 14.0. The van der Waals surface area contributed by atoms with Gasteiger partial charge in [0.25, 0.3) is 0 Å². The predicted molar refractivity (Wildman–Crippen MR) is 69.6 cm³/mol. The van der Waals surface area contributed by atoms with E-state index in [2.05, 4.69) is 4.90 Å². The van der Waals surface area contributed by atoms with E-state index in [1.54, 1.807) is 12.1 Å². The summed E-state index contributed by atoms with van der Waals surface area (Å²) >= 11 is 5.79. The van der Waals surface area contributed by atoms with Gasteiger partial charge in [-0.3, -0.25) is 4.79 Å². The fraction of sp³-hybridized carbons (Fsp3) is 0.500. The number of hydrogen-bond donors (Lipinski definition) is 0. The summed E-state index contributed by atoms with van der Waals surface area (Å²) in [6.07, 6.45) is 4.19. The number of piperidine rings is 2. The number of carbonyl (C=O) groups excluding carboxylic acids is 1. The summed E-state index contributed by atoms with van der Waals surface area (Å²) in [7, 11) is 0. The zero-order valence-electron chi connectivity index (χ0n) is 10.0. The molecular formula is C14H15ClFNO. The van der Waals surface area contributed by atoms with Gasteiger partial charge in [-0.1, -0.05) is 11.6 Å². The lowest BCUT2D eigenvalue weighted by Crippen LogP contribution is -2.52. The van der Waals surface area contributed by atoms with Gasteiger partial charge in [0.2, 0.25) is 0 Å². The van der Waals surface area contributed by atoms with Crippen molar-refractivity contribution in [3.8, 4) is 0 Å². The highest BCUT2D eigenvalue weighted by Gasteiger charge is 2.38. The van der Waals surface area contributed by atoms with Crippen molar-refractivity contribution in [3.05, 3.63) is 29.0 Å². The van der Waals surface area contributed by atoms with E-state index in [9.17, 15) is 9.18 Å². The number of Topliss-reactive ketones (excluding diaryl/α,β-unsaturated/α-hetero) is 1. The summed E-state index contributed by atoms with van der Waals surface area (Å²) in [5.74, 6) is 0.0315. The number of carbonyl (C=O) groups is 1. The largest absolute Gasteiger partial charge is 0.362 e. The minimum atomic E-state index is -0.284. The van der Waals surface area contributed by atoms with E-state index in [0.29, 0.717) is 29.3 Å². The topological polar surface area (TPSA) is 20.3 Å². The van der Waals surface area contributed by atoms with Gasteiger partial charge >= 0.3 is 0 Å². The SMILES string of the molecule is O=C1CC2CCCC(C1)N2c1ccc(Cl)cc1F. The Morgan fingerprint density at radius 3 is 2.50 bits per heavy atom. The molecule has 0 aliphatic carbocycles. The Morgan fingerprint density at radius 2 is 1.89 bits per heavy atom. The smallest absolute Gasteiger partial charge is 0.147 e. The van der Waals surface area contributed by atoms with Gasteiger partial charge in [0.15, 0.2) is 0 Å². The van der Waals surface area contributed by atoms with Crippen LogP contribution in [0.3, 0.4) is 0 Å². The molecule has 0 N–H and O–H groups in total. The maximum atomic E-state index is 14.0. The van der Waals surface area contributed by atoms with Crippen molar-refractivity contribution in [2.24, 2.45) is 0 Å². The van der Waals surface area contributed by atoms with Crippen LogP contribution in [0.4, 0.5) is 10.1 Å². The fourth-order valence-corrected chi connectivity index (χ4v) is 3.42. The minimum absolute atomic E-state index is 0.167. The number of rotatable bonds is 1. The Bertz CT molecular complexity index is 475. The van der Waals surface area contributed by atoms with E-state index in [4.69, 9.17) is 11.6 Å². The first-order valence-corrected chi connectivity index (χ1v) is 6.78. The van der Waals surface area contributed by atoms with Gasteiger partial charge in [-0.05, 0) is 37.5 Å². The van der Waals surface area contributed by atoms with Crippen LogP contribution in [0.15, 0.2) is 18.2 Å². The monoisotopic (exact) mass is 267 g/mol. The lowest BCUT2D eigenvalue weighted by Gasteiger charge is -2.47. The molecule has 18 heavy (non-hydrogen) atoms. The van der Waals surface area contributed by atoms with Gasteiger partial charge < -0.3 is 4.90 Å². The lowest BCUT2D eigenvalue weighted by molar-refractivity contribution is -0.121. The van der Waals surface area contributed by atoms with E-state index in [1.165, 1.54) is 6.07 Å². The Labute approximate surface area is 111 Å². The quantitative estimate of drug-likeness (QED) is 0.775. The average Bonchev–Trinajstić information content (AvgIpc) is 2.28. The molecule has 2 saturated heterocycles. The molecule has 3 rings (SSSR count). The van der Waals surface area contributed by atoms with E-state index in [1.807, 2.05) is 0 Å². The molecular weight excluding hydrogens is 253 g/mol. The maximum Gasteiger partial charge on any atom is 0.147 e. The third kappa shape index (κ3) is 2.01. The first-order valence-electron chi connectivity index (χ1n) is 6.40. The molecule has 0 radical (unpaired) electrons. The molecule has 2 fully saturated rings. The van der Waals surface area contributed by atoms with Crippen molar-refractivity contribution in [1.82, 2.24) is 0 Å². The highest BCUT2D eigenvalue weighted by Crippen LogP contribution is 2.37. The van der Waals surface area contributed by atoms with Crippen molar-refractivity contribution in [1.29, 1.82) is 0 Å². The van der Waals surface area contributed by atoms with E-state index in [-0.39, 0.29) is 17.9 Å². The fourth-order valence-electron chi connectivity index (χ4n) is 3.26. The third-order valence-corrected chi connectivity index (χ3v) is 4.21. The molecule has 0 spiro atoms. The van der Waals surface area contributed by atoms with Crippen LogP contribution >= 0.6 is 11.6 Å². The molecule has 2 atom stereocenters. The average molecular weight is 268 g/mol. The summed E-state index contributed by atoms with van der Waals surface area (Å²) in [4.78, 5) is 13.8. The lowest BCUT2D eigenvalue weighted by atomic mass is 9.83. The van der Waals surface area contributed by atoms with Crippen LogP contribution in [0.5, 0.6) is 0 Å². The van der Waals surface area contributed by atoms with Crippen LogP contribution in [0, 0.1) is 5.82 Å². The van der Waals surface area contributed by atoms with Crippen LogP contribution in [0.2, 0.25) is 5.02 Å². The first kappa shape index (κ1) is 12.0. The number of fused-ring (bicyclic) bond motifs is 2. The van der Waals surface area contributed by atoms with Gasteiger partial charge in [-0.25, -0.2) is 4.39 Å². The standard InChI is InChI=1S/C14H15ClFNO/c15-9-4-5-14(13(16)6-9)17-10-2-1-3-11(17)8-12(18)7-10/h4-6,10-11H,1-3,7-8H2. The number of benzene rings is 1. The Kier molecular flexibility index (Phi) is 3.02. The van der Waals surface area contributed by atoms with Crippen molar-refractivity contribution < 1.29 is 9.18 Å². The van der Waals surface area contributed by atoms with Crippen molar-refractivity contribution >= 4 is 23.1 Å². The molecule has 96 valence electrons. The molecule has 2 nitrogen and oxygen atoms in total. The second-order valence-corrected chi connectivity index (χ2v) is 5.62. The minimum Gasteiger partial charge on any atom is -0.362 e. The van der Waals surface area contributed by atoms with E-state index < -0.39 is 0 Å². The number of nitrogens with zero attached hydrogens (tertiary/aromatic N) is 1. The predicted octanol–water partition coefficient (Wildman–Crippen LogP) is 3.57. The van der Waals surface area contributed by atoms with Gasteiger partial charge in [0.1, 0.15) is 11.6 Å². The molecule has 0 saturated carbocycles. The molecule has 1 aromatic rings. The number of hydrogen-bond acceptors (Lipinski definition) is 2. The highest BCUT2D eigenvalue weighted by atomic mass is 35.5. The number of ketones is 1. The van der Waals surface area contributed by atoms with Gasteiger partial charge in [-0.2, -0.15) is 0 Å². The number of halogens is 2. The summed E-state index contributed by atoms with van der Waals surface area (Å²) in [6, 6.07) is 5.13. The molecule has 2 aliphatic rings. The summed E-state index contributed by atoms with van der Waals surface area (Å²) in [6.45, 7) is 0. The third-order valence-electron chi connectivity index (χ3n) is 3.98. The highest BCUT2D eigenvalue weighted by molar-refractivity contribution is 6.30. The summed E-state index contributed by atoms with van der Waals surface area (Å²) in [5, 5.41) is 0.412. The zero-order chi connectivity index (χ0) is 12.7. The molecule has 0 amide bonds. The second kappa shape index (κ2) is 4.54. The molecule has 2 aliphatic heterocycles. The van der Waals surface area contributed by atoms with Crippen molar-refractivity contribution in [2.45, 2.75) is 44.2 Å². The van der Waals surface area contributed by atoms with Crippen molar-refractivity contribution in [3.63, 3.8) is 0 Å². The Morgan fingerprint density at radius 1 is 1.22 bits per heavy atom. The van der Waals surface area contributed by atoms with Gasteiger partial charge in [-0.15, -0.1) is 0 Å². The van der Waals surface area contributed by atoms with E-state index >= 15 is 0 Å². The molecule has 1 aromatic carbocycles. The normalized spacial score (nSPS) is 27.4. The maximum absolute atomic E-state index is 14.0. The molecule has 2 unspecified atom stereocenters. The van der Waals surface area contributed by atoms with Gasteiger partial charge in [0, 0.05) is 29.9 Å². The molecule has 2 bridgehead atoms. The first-order chi connectivity index (χ1) is 8.65. The summed E-state index contributed by atoms with van der Waals surface area (Å²) in [5.41, 5.74) is 0.599. The van der Waals surface area contributed by atoms with Crippen LogP contribution < -0.4 is 4.90 Å². The Balaban J connectivity index is 1.97. The molecule has 4 heteroatoms. The number of anilines is 1. The van der Waals surface area contributed by atoms with Crippen LogP contribution in [0.25, 0.3) is 0 Å². The molecule has 0 aromatic heterocycles. The van der Waals surface area contributed by atoms with Gasteiger partial charge in [0.05, 0.1) is 5.69 Å². The van der Waals surface area contributed by atoms with E-state index in [0.717, 1.165) is 19.3 Å².